The van der Waals surface area contributed by atoms with Crippen LogP contribution < -0.4 is 16.0 Å². The highest BCUT2D eigenvalue weighted by atomic mass is 127. The lowest BCUT2D eigenvalue weighted by Crippen LogP contribution is -2.50. The van der Waals surface area contributed by atoms with Crippen LogP contribution in [0.5, 0.6) is 0 Å². The number of aliphatic hydroxyl groups excluding tert-OH is 1. The number of hydrogen-bond acceptors (Lipinski definition) is 9. The van der Waals surface area contributed by atoms with Gasteiger partial charge in [-0.2, -0.15) is 5.10 Å². The number of hydrogen-bond donors (Lipinski definition) is 4. The number of rotatable bonds is 4. The number of fused-ring (bicyclic) bond motifs is 1. The summed E-state index contributed by atoms with van der Waals surface area (Å²) in [5.41, 5.74) is 9.30. The van der Waals surface area contributed by atoms with Crippen molar-refractivity contribution in [2.75, 3.05) is 37.0 Å². The Balaban J connectivity index is 1.48. The lowest BCUT2D eigenvalue weighted by Gasteiger charge is -2.41. The summed E-state index contributed by atoms with van der Waals surface area (Å²) in [7, 11) is 1.75. The normalized spacial score (nSPS) is 22.7. The number of H-pyrrole nitrogens is 1. The molecule has 5 rings (SSSR count). The minimum Gasteiger partial charge on any atom is -0.390 e. The van der Waals surface area contributed by atoms with E-state index in [0.29, 0.717) is 51.4 Å². The molecule has 2 atom stereocenters. The zero-order chi connectivity index (χ0) is 22.5. The van der Waals surface area contributed by atoms with Gasteiger partial charge in [-0.05, 0) is 41.5 Å². The summed E-state index contributed by atoms with van der Waals surface area (Å²) in [5, 5.41) is 20.9. The number of aromatic nitrogens is 5. The van der Waals surface area contributed by atoms with Gasteiger partial charge < -0.3 is 25.8 Å². The summed E-state index contributed by atoms with van der Waals surface area (Å²) in [6, 6.07) is 1.81. The summed E-state index contributed by atoms with van der Waals surface area (Å²) in [6.45, 7) is 2.01. The highest BCUT2D eigenvalue weighted by molar-refractivity contribution is 14.1. The molecule has 3 aromatic heterocycles. The van der Waals surface area contributed by atoms with Gasteiger partial charge in [-0.3, -0.25) is 5.10 Å². The van der Waals surface area contributed by atoms with Gasteiger partial charge in [0, 0.05) is 43.4 Å². The predicted molar refractivity (Wildman–Crippen MR) is 131 cm³/mol. The van der Waals surface area contributed by atoms with E-state index in [1.54, 1.807) is 19.3 Å². The maximum absolute atomic E-state index is 10.1. The van der Waals surface area contributed by atoms with Crippen molar-refractivity contribution in [1.82, 2.24) is 25.1 Å². The molecular weight excluding hydrogens is 547 g/mol. The number of aliphatic hydroxyl groups is 1. The molecule has 2 fully saturated rings. The largest absolute Gasteiger partial charge is 0.390 e. The van der Waals surface area contributed by atoms with Gasteiger partial charge in [-0.25, -0.2) is 15.0 Å². The molecule has 170 valence electrons. The number of nitrogens with two attached hydrogens (primary N) is 1. The number of aromatic amines is 1. The first-order valence-corrected chi connectivity index (χ1v) is 12.0. The summed E-state index contributed by atoms with van der Waals surface area (Å²) in [6.07, 6.45) is 3.47. The van der Waals surface area contributed by atoms with Crippen LogP contribution in [-0.4, -0.2) is 67.2 Å². The van der Waals surface area contributed by atoms with Gasteiger partial charge in [0.2, 0.25) is 0 Å². The Labute approximate surface area is 203 Å². The monoisotopic (exact) mass is 570 g/mol. The van der Waals surface area contributed by atoms with Crippen LogP contribution in [0.3, 0.4) is 0 Å². The molecule has 0 saturated carbocycles. The molecule has 2 aliphatic heterocycles. The molecule has 0 unspecified atom stereocenters. The number of piperidine rings is 1. The standard InChI is InChI=1S/C20H24ClIN8O2/c1-24-17-12(21)10(2-5-25-17)13-14-18(29-28-13)27-19(11(8-31)26-14)30-6-3-20(4-7-30)9-32-16(22)15(20)23/h2,5,15-16,31H,3-4,6-9,23H2,1H3,(H,24,25)(H,27,28,29)/t15-,16-/m1/s1. The zero-order valence-corrected chi connectivity index (χ0v) is 20.4. The Bertz CT molecular complexity index is 1150. The Morgan fingerprint density at radius 2 is 2.19 bits per heavy atom. The van der Waals surface area contributed by atoms with Gasteiger partial charge in [-0.1, -0.05) is 11.6 Å². The highest BCUT2D eigenvalue weighted by Crippen LogP contribution is 2.44. The van der Waals surface area contributed by atoms with Crippen molar-refractivity contribution in [3.8, 4) is 11.3 Å². The lowest BCUT2D eigenvalue weighted by molar-refractivity contribution is 0.127. The smallest absolute Gasteiger partial charge is 0.177 e. The summed E-state index contributed by atoms with van der Waals surface area (Å²) in [5.74, 6) is 1.22. The van der Waals surface area contributed by atoms with Crippen molar-refractivity contribution >= 4 is 57.0 Å². The van der Waals surface area contributed by atoms with E-state index in [2.05, 4.69) is 48.0 Å². The van der Waals surface area contributed by atoms with Crippen molar-refractivity contribution in [2.24, 2.45) is 11.1 Å². The van der Waals surface area contributed by atoms with E-state index < -0.39 is 0 Å². The van der Waals surface area contributed by atoms with E-state index in [1.165, 1.54) is 0 Å². The van der Waals surface area contributed by atoms with Crippen LogP contribution in [0.15, 0.2) is 12.3 Å². The number of halogens is 2. The van der Waals surface area contributed by atoms with Gasteiger partial charge in [0.05, 0.1) is 18.2 Å². The van der Waals surface area contributed by atoms with Crippen molar-refractivity contribution in [3.05, 3.63) is 23.0 Å². The highest BCUT2D eigenvalue weighted by Gasteiger charge is 2.48. The molecule has 12 heteroatoms. The quantitative estimate of drug-likeness (QED) is 0.275. The molecule has 32 heavy (non-hydrogen) atoms. The Morgan fingerprint density at radius 1 is 1.41 bits per heavy atom. The number of alkyl halides is 1. The molecule has 0 aromatic carbocycles. The maximum Gasteiger partial charge on any atom is 0.177 e. The van der Waals surface area contributed by atoms with E-state index >= 15 is 0 Å². The van der Waals surface area contributed by atoms with Gasteiger partial charge in [-0.15, -0.1) is 0 Å². The first-order chi connectivity index (χ1) is 15.5. The zero-order valence-electron chi connectivity index (χ0n) is 17.5. The predicted octanol–water partition coefficient (Wildman–Crippen LogP) is 2.31. The average molecular weight is 571 g/mol. The van der Waals surface area contributed by atoms with Crippen LogP contribution in [0.25, 0.3) is 22.4 Å². The fraction of sp³-hybridized carbons (Fsp3) is 0.500. The number of anilines is 2. The third-order valence-corrected chi connectivity index (χ3v) is 8.07. The second kappa shape index (κ2) is 8.52. The number of nitrogens with one attached hydrogen (secondary N) is 2. The summed E-state index contributed by atoms with van der Waals surface area (Å²) >= 11 is 8.78. The molecule has 10 nitrogen and oxygen atoms in total. The fourth-order valence-electron chi connectivity index (χ4n) is 4.58. The van der Waals surface area contributed by atoms with Crippen LogP contribution >= 0.6 is 34.2 Å². The van der Waals surface area contributed by atoms with E-state index in [0.717, 1.165) is 25.9 Å². The SMILES string of the molecule is CNc1nccc(-c2n[nH]c3nc(N4CCC5(CC4)CO[C@@H](I)[C@H]5N)c(CO)nc23)c1Cl. The minimum atomic E-state index is -0.227. The number of nitrogens with zero attached hydrogens (tertiary/aromatic N) is 5. The van der Waals surface area contributed by atoms with Crippen LogP contribution in [-0.2, 0) is 11.3 Å². The number of pyridine rings is 1. The van der Waals surface area contributed by atoms with E-state index in [4.69, 9.17) is 32.0 Å². The lowest BCUT2D eigenvalue weighted by atomic mass is 9.75. The van der Waals surface area contributed by atoms with E-state index in [1.807, 2.05) is 0 Å². The molecule has 0 amide bonds. The maximum atomic E-state index is 10.1. The first-order valence-electron chi connectivity index (χ1n) is 10.4. The van der Waals surface area contributed by atoms with Crippen molar-refractivity contribution < 1.29 is 9.84 Å². The molecule has 0 bridgehead atoms. The first kappa shape index (κ1) is 22.0. The summed E-state index contributed by atoms with van der Waals surface area (Å²) in [4.78, 5) is 15.9. The second-order valence-electron chi connectivity index (χ2n) is 8.23. The van der Waals surface area contributed by atoms with Crippen LogP contribution in [0.2, 0.25) is 5.02 Å². The molecule has 0 aliphatic carbocycles. The molecule has 3 aromatic rings. The van der Waals surface area contributed by atoms with Gasteiger partial charge >= 0.3 is 0 Å². The van der Waals surface area contributed by atoms with Crippen LogP contribution in [0, 0.1) is 5.41 Å². The van der Waals surface area contributed by atoms with Crippen molar-refractivity contribution in [3.63, 3.8) is 0 Å². The molecule has 1 spiro atoms. The van der Waals surface area contributed by atoms with E-state index in [-0.39, 0.29) is 22.2 Å². The molecule has 2 aliphatic rings. The van der Waals surface area contributed by atoms with Gasteiger partial charge in [0.1, 0.15) is 26.8 Å². The Kier molecular flexibility index (Phi) is 5.86. The molecule has 2 saturated heterocycles. The topological polar surface area (TPSA) is 138 Å². The van der Waals surface area contributed by atoms with Crippen LogP contribution in [0.1, 0.15) is 18.5 Å². The molecule has 5 heterocycles. The molecular formula is C20H24ClIN8O2. The fourth-order valence-corrected chi connectivity index (χ4v) is 5.82. The van der Waals surface area contributed by atoms with Crippen molar-refractivity contribution in [1.29, 1.82) is 0 Å². The van der Waals surface area contributed by atoms with Gasteiger partial charge in [0.25, 0.3) is 0 Å². The third kappa shape index (κ3) is 3.50. The Hall–Kier alpha value is -1.80. The average Bonchev–Trinajstić information content (AvgIpc) is 3.35. The van der Waals surface area contributed by atoms with E-state index in [9.17, 15) is 5.11 Å². The number of ether oxygens (including phenoxy) is 1. The molecule has 5 N–H and O–H groups in total. The third-order valence-electron chi connectivity index (χ3n) is 6.55. The molecule has 0 radical (unpaired) electrons. The van der Waals surface area contributed by atoms with Crippen LogP contribution in [0.4, 0.5) is 11.6 Å². The Morgan fingerprint density at radius 3 is 2.84 bits per heavy atom. The van der Waals surface area contributed by atoms with Crippen molar-refractivity contribution in [2.45, 2.75) is 29.6 Å². The summed E-state index contributed by atoms with van der Waals surface area (Å²) < 4.78 is 5.87. The minimum absolute atomic E-state index is 0.00351. The second-order valence-corrected chi connectivity index (χ2v) is 9.84. The van der Waals surface area contributed by atoms with Gasteiger partial charge in [0.15, 0.2) is 11.5 Å².